The van der Waals surface area contributed by atoms with Gasteiger partial charge in [-0.1, -0.05) is 18.2 Å². The second kappa shape index (κ2) is 6.34. The minimum atomic E-state index is -0.595. The molecule has 9 nitrogen and oxygen atoms in total. The lowest BCUT2D eigenvalue weighted by Crippen LogP contribution is -2.34. The van der Waals surface area contributed by atoms with Crippen molar-refractivity contribution in [3.63, 3.8) is 0 Å². The molecule has 1 unspecified atom stereocenters. The molecule has 1 aromatic carbocycles. The molecule has 3 rings (SSSR count). The van der Waals surface area contributed by atoms with Crippen molar-refractivity contribution in [2.24, 2.45) is 0 Å². The Morgan fingerprint density at radius 1 is 1.12 bits per heavy atom. The third-order valence-electron chi connectivity index (χ3n) is 3.87. The number of benzene rings is 1. The number of nitrogen functional groups attached to an aromatic ring is 1. The van der Waals surface area contributed by atoms with Crippen molar-refractivity contribution >= 4 is 29.5 Å². The zero-order valence-corrected chi connectivity index (χ0v) is 14.2. The molecule has 0 aliphatic carbocycles. The van der Waals surface area contributed by atoms with E-state index in [1.807, 2.05) is 18.2 Å². The Kier molecular flexibility index (Phi) is 4.22. The first kappa shape index (κ1) is 16.6. The zero-order valence-electron chi connectivity index (χ0n) is 14.2. The first-order chi connectivity index (χ1) is 11.9. The highest BCUT2D eigenvalue weighted by Gasteiger charge is 2.43. The molecule has 0 spiro atoms. The summed E-state index contributed by atoms with van der Waals surface area (Å²) in [6, 6.07) is 8.06. The van der Waals surface area contributed by atoms with E-state index in [9.17, 15) is 9.59 Å². The summed E-state index contributed by atoms with van der Waals surface area (Å²) >= 11 is 0. The van der Waals surface area contributed by atoms with Gasteiger partial charge in [0.1, 0.15) is 6.04 Å². The van der Waals surface area contributed by atoms with Gasteiger partial charge in [0.15, 0.2) is 5.82 Å². The lowest BCUT2D eigenvalue weighted by molar-refractivity contribution is -0.127. The third kappa shape index (κ3) is 3.08. The van der Waals surface area contributed by atoms with Crippen LogP contribution in [0, 0.1) is 0 Å². The van der Waals surface area contributed by atoms with Crippen LogP contribution in [0.5, 0.6) is 0 Å². The molecule has 0 bridgehead atoms. The first-order valence-corrected chi connectivity index (χ1v) is 7.76. The average molecular weight is 341 g/mol. The quantitative estimate of drug-likeness (QED) is 0.822. The molecule has 1 fully saturated rings. The highest BCUT2D eigenvalue weighted by molar-refractivity contribution is 6.13. The average Bonchev–Trinajstić information content (AvgIpc) is 2.79. The highest BCUT2D eigenvalue weighted by Crippen LogP contribution is 2.26. The number of aromatic nitrogens is 3. The highest BCUT2D eigenvalue weighted by atomic mass is 16.2. The summed E-state index contributed by atoms with van der Waals surface area (Å²) in [7, 11) is 3.54. The van der Waals surface area contributed by atoms with E-state index in [2.05, 4.69) is 15.0 Å². The summed E-state index contributed by atoms with van der Waals surface area (Å²) in [5.41, 5.74) is 6.37. The van der Waals surface area contributed by atoms with E-state index in [1.54, 1.807) is 38.1 Å². The number of anilines is 3. The Hall–Kier alpha value is -3.23. The predicted octanol–water partition coefficient (Wildman–Crippen LogP) is 0.877. The van der Waals surface area contributed by atoms with Crippen LogP contribution in [0.2, 0.25) is 0 Å². The van der Waals surface area contributed by atoms with Gasteiger partial charge in [-0.3, -0.25) is 14.6 Å². The fraction of sp³-hybridized carbons (Fsp3) is 0.312. The van der Waals surface area contributed by atoms with Crippen LogP contribution in [0.15, 0.2) is 30.3 Å². The summed E-state index contributed by atoms with van der Waals surface area (Å²) in [6.45, 7) is 1.64. The van der Waals surface area contributed by atoms with Crippen LogP contribution in [0.1, 0.15) is 12.7 Å². The number of nitrogens with two attached hydrogens (primary N) is 1. The van der Waals surface area contributed by atoms with E-state index in [-0.39, 0.29) is 24.2 Å². The van der Waals surface area contributed by atoms with Crippen LogP contribution in [0.4, 0.5) is 22.4 Å². The molecule has 9 heteroatoms. The molecule has 2 heterocycles. The molecule has 25 heavy (non-hydrogen) atoms. The number of hydrogen-bond donors (Lipinski definition) is 1. The minimum absolute atomic E-state index is 0.0424. The Bertz CT molecular complexity index is 809. The number of imide groups is 1. The van der Waals surface area contributed by atoms with Crippen LogP contribution in [0.3, 0.4) is 0 Å². The number of rotatable bonds is 4. The standard InChI is InChI=1S/C16H19N7O2/c1-10-13(24)22(16(25)23(10)11-7-5-4-6-8-11)9-12-18-14(17)20-15(19-12)21(2)3/h4-8,10H,9H2,1-3H3,(H2,17,18,19,20). The van der Waals surface area contributed by atoms with E-state index >= 15 is 0 Å². The van der Waals surface area contributed by atoms with Gasteiger partial charge in [0.25, 0.3) is 5.91 Å². The zero-order chi connectivity index (χ0) is 18.1. The molecule has 130 valence electrons. The predicted molar refractivity (Wildman–Crippen MR) is 92.9 cm³/mol. The van der Waals surface area contributed by atoms with Gasteiger partial charge in [0.05, 0.1) is 6.54 Å². The van der Waals surface area contributed by atoms with Crippen molar-refractivity contribution in [3.05, 3.63) is 36.2 Å². The number of urea groups is 1. The first-order valence-electron chi connectivity index (χ1n) is 7.76. The molecule has 0 saturated carbocycles. The SMILES string of the molecule is CC1C(=O)N(Cc2nc(N)nc(N(C)C)n2)C(=O)N1c1ccccc1. The number of carbonyl (C=O) groups is 2. The summed E-state index contributed by atoms with van der Waals surface area (Å²) in [6.07, 6.45) is 0. The summed E-state index contributed by atoms with van der Waals surface area (Å²) in [5.74, 6) is 0.370. The molecule has 1 aliphatic rings. The number of hydrogen-bond acceptors (Lipinski definition) is 7. The van der Waals surface area contributed by atoms with Gasteiger partial charge in [-0.25, -0.2) is 4.79 Å². The van der Waals surface area contributed by atoms with Gasteiger partial charge in [-0.05, 0) is 19.1 Å². The molecular formula is C16H19N7O2. The van der Waals surface area contributed by atoms with Gasteiger partial charge in [0.2, 0.25) is 11.9 Å². The molecule has 2 N–H and O–H groups in total. The summed E-state index contributed by atoms with van der Waals surface area (Å²) in [5, 5.41) is 0. The van der Waals surface area contributed by atoms with Crippen molar-refractivity contribution in [1.82, 2.24) is 19.9 Å². The van der Waals surface area contributed by atoms with Crippen molar-refractivity contribution in [3.8, 4) is 0 Å². The smallest absolute Gasteiger partial charge is 0.332 e. The van der Waals surface area contributed by atoms with E-state index in [0.29, 0.717) is 11.6 Å². The maximum absolute atomic E-state index is 12.8. The van der Waals surface area contributed by atoms with Gasteiger partial charge < -0.3 is 10.6 Å². The molecule has 3 amide bonds. The maximum Gasteiger partial charge on any atom is 0.332 e. The monoisotopic (exact) mass is 341 g/mol. The Morgan fingerprint density at radius 2 is 1.80 bits per heavy atom. The van der Waals surface area contributed by atoms with Crippen molar-refractivity contribution in [1.29, 1.82) is 0 Å². The van der Waals surface area contributed by atoms with Gasteiger partial charge in [-0.15, -0.1) is 0 Å². The summed E-state index contributed by atoms with van der Waals surface area (Å²) in [4.78, 5) is 41.9. The van der Waals surface area contributed by atoms with Crippen molar-refractivity contribution in [2.45, 2.75) is 19.5 Å². The summed E-state index contributed by atoms with van der Waals surface area (Å²) < 4.78 is 0. The van der Waals surface area contributed by atoms with Crippen LogP contribution < -0.4 is 15.5 Å². The van der Waals surface area contributed by atoms with Crippen molar-refractivity contribution in [2.75, 3.05) is 29.6 Å². The maximum atomic E-state index is 12.8. The van der Waals surface area contributed by atoms with E-state index < -0.39 is 12.1 Å². The van der Waals surface area contributed by atoms with Crippen molar-refractivity contribution < 1.29 is 9.59 Å². The van der Waals surface area contributed by atoms with E-state index in [1.165, 1.54) is 4.90 Å². The lowest BCUT2D eigenvalue weighted by Gasteiger charge is -2.19. The number of amides is 3. The Labute approximate surface area is 145 Å². The second-order valence-electron chi connectivity index (χ2n) is 5.89. The molecule has 2 aromatic rings. The minimum Gasteiger partial charge on any atom is -0.368 e. The van der Waals surface area contributed by atoms with Crippen LogP contribution >= 0.6 is 0 Å². The molecule has 0 radical (unpaired) electrons. The van der Waals surface area contributed by atoms with Crippen LogP contribution in [-0.4, -0.2) is 51.9 Å². The van der Waals surface area contributed by atoms with E-state index in [0.717, 1.165) is 4.90 Å². The fourth-order valence-electron chi connectivity index (χ4n) is 2.63. The largest absolute Gasteiger partial charge is 0.368 e. The molecule has 1 aliphatic heterocycles. The molecule has 1 saturated heterocycles. The number of para-hydroxylation sites is 1. The lowest BCUT2D eigenvalue weighted by atomic mass is 10.2. The Morgan fingerprint density at radius 3 is 2.44 bits per heavy atom. The second-order valence-corrected chi connectivity index (χ2v) is 5.89. The van der Waals surface area contributed by atoms with Gasteiger partial charge in [0, 0.05) is 19.8 Å². The normalized spacial score (nSPS) is 17.3. The van der Waals surface area contributed by atoms with E-state index in [4.69, 9.17) is 5.73 Å². The van der Waals surface area contributed by atoms with Crippen LogP contribution in [-0.2, 0) is 11.3 Å². The number of carbonyl (C=O) groups excluding carboxylic acids is 2. The molecule has 1 atom stereocenters. The topological polar surface area (TPSA) is 109 Å². The third-order valence-corrected chi connectivity index (χ3v) is 3.87. The Balaban J connectivity index is 1.89. The fourth-order valence-corrected chi connectivity index (χ4v) is 2.63. The van der Waals surface area contributed by atoms with Gasteiger partial charge >= 0.3 is 6.03 Å². The number of nitrogens with zero attached hydrogens (tertiary/aromatic N) is 6. The molecular weight excluding hydrogens is 322 g/mol. The van der Waals surface area contributed by atoms with Gasteiger partial charge in [-0.2, -0.15) is 15.0 Å². The van der Waals surface area contributed by atoms with Crippen LogP contribution in [0.25, 0.3) is 0 Å². The molecule has 1 aromatic heterocycles.